The fraction of sp³-hybridized carbons (Fsp3) is 0.588. The minimum absolute atomic E-state index is 0.217. The number of hydrogen-bond donors (Lipinski definition) is 2. The lowest BCUT2D eigenvalue weighted by atomic mass is 10.1. The monoisotopic (exact) mass is 289 g/mol. The van der Waals surface area contributed by atoms with Crippen LogP contribution in [0.1, 0.15) is 45.2 Å². The number of nitrogens with one attached hydrogen (secondary N) is 2. The van der Waals surface area contributed by atoms with Crippen molar-refractivity contribution < 1.29 is 4.74 Å². The molecule has 0 amide bonds. The van der Waals surface area contributed by atoms with Gasteiger partial charge >= 0.3 is 0 Å². The molecule has 1 aliphatic rings. The molecule has 0 aromatic heterocycles. The lowest BCUT2D eigenvalue weighted by Gasteiger charge is -2.18. The molecule has 1 atom stereocenters. The summed E-state index contributed by atoms with van der Waals surface area (Å²) in [5.74, 6) is 2.35. The minimum atomic E-state index is 0.217. The molecule has 0 spiro atoms. The summed E-state index contributed by atoms with van der Waals surface area (Å²) in [5.41, 5.74) is 1.23. The van der Waals surface area contributed by atoms with E-state index in [2.05, 4.69) is 48.5 Å². The summed E-state index contributed by atoms with van der Waals surface area (Å²) in [5, 5.41) is 6.82. The van der Waals surface area contributed by atoms with Crippen molar-refractivity contribution in [3.05, 3.63) is 29.8 Å². The van der Waals surface area contributed by atoms with Crippen molar-refractivity contribution in [3.8, 4) is 5.75 Å². The summed E-state index contributed by atoms with van der Waals surface area (Å²) in [6, 6.07) is 9.11. The van der Waals surface area contributed by atoms with Crippen molar-refractivity contribution in [3.63, 3.8) is 0 Å². The van der Waals surface area contributed by atoms with E-state index in [1.54, 1.807) is 0 Å². The van der Waals surface area contributed by atoms with Crippen molar-refractivity contribution in [1.29, 1.82) is 0 Å². The summed E-state index contributed by atoms with van der Waals surface area (Å²) < 4.78 is 5.71. The van der Waals surface area contributed by atoms with Gasteiger partial charge in [-0.25, -0.2) is 0 Å². The first kappa shape index (κ1) is 15.7. The molecule has 0 saturated heterocycles. The van der Waals surface area contributed by atoms with Gasteiger partial charge in [0.05, 0.1) is 12.6 Å². The standard InChI is InChI=1S/C17H27N3O/c1-12(2)11-21-16-9-5-14(6-10-16)13(3)19-17(18-4)20-15-7-8-15/h5-6,9-10,12-13,15H,7-8,11H2,1-4H3,(H2,18,19,20). The highest BCUT2D eigenvalue weighted by molar-refractivity contribution is 5.80. The van der Waals surface area contributed by atoms with Gasteiger partial charge in [0.2, 0.25) is 0 Å². The summed E-state index contributed by atoms with van der Waals surface area (Å²) in [7, 11) is 1.81. The fourth-order valence-electron chi connectivity index (χ4n) is 2.00. The minimum Gasteiger partial charge on any atom is -0.493 e. The number of nitrogens with zero attached hydrogens (tertiary/aromatic N) is 1. The Morgan fingerprint density at radius 3 is 2.43 bits per heavy atom. The van der Waals surface area contributed by atoms with E-state index in [9.17, 15) is 0 Å². The second kappa shape index (κ2) is 7.34. The van der Waals surface area contributed by atoms with Crippen LogP contribution in [0, 0.1) is 5.92 Å². The zero-order chi connectivity index (χ0) is 15.2. The predicted molar refractivity (Wildman–Crippen MR) is 87.8 cm³/mol. The lowest BCUT2D eigenvalue weighted by molar-refractivity contribution is 0.271. The zero-order valence-electron chi connectivity index (χ0n) is 13.5. The van der Waals surface area contributed by atoms with Gasteiger partial charge in [-0.05, 0) is 43.4 Å². The van der Waals surface area contributed by atoms with Gasteiger partial charge in [-0.3, -0.25) is 4.99 Å². The first-order valence-corrected chi connectivity index (χ1v) is 7.81. The molecule has 1 aliphatic carbocycles. The molecule has 21 heavy (non-hydrogen) atoms. The van der Waals surface area contributed by atoms with Crippen LogP contribution in [0.25, 0.3) is 0 Å². The van der Waals surface area contributed by atoms with E-state index in [4.69, 9.17) is 4.74 Å². The number of guanidine groups is 1. The summed E-state index contributed by atoms with van der Waals surface area (Å²) >= 11 is 0. The molecule has 4 heteroatoms. The van der Waals surface area contributed by atoms with Gasteiger partial charge in [-0.1, -0.05) is 26.0 Å². The van der Waals surface area contributed by atoms with Crippen LogP contribution in [-0.2, 0) is 0 Å². The van der Waals surface area contributed by atoms with Crippen LogP contribution in [0.2, 0.25) is 0 Å². The van der Waals surface area contributed by atoms with E-state index in [1.165, 1.54) is 18.4 Å². The average Bonchev–Trinajstić information content (AvgIpc) is 3.28. The first-order valence-electron chi connectivity index (χ1n) is 7.81. The Labute approximate surface area is 128 Å². The average molecular weight is 289 g/mol. The van der Waals surface area contributed by atoms with Crippen LogP contribution in [0.4, 0.5) is 0 Å². The maximum absolute atomic E-state index is 5.71. The molecule has 2 rings (SSSR count). The summed E-state index contributed by atoms with van der Waals surface area (Å²) in [4.78, 5) is 4.27. The number of hydrogen-bond acceptors (Lipinski definition) is 2. The third-order valence-corrected chi connectivity index (χ3v) is 3.46. The topological polar surface area (TPSA) is 45.7 Å². The number of rotatable bonds is 6. The van der Waals surface area contributed by atoms with Crippen molar-refractivity contribution >= 4 is 5.96 Å². The van der Waals surface area contributed by atoms with E-state index in [0.717, 1.165) is 18.3 Å². The van der Waals surface area contributed by atoms with E-state index in [0.29, 0.717) is 12.0 Å². The molecule has 0 aliphatic heterocycles. The molecule has 4 nitrogen and oxygen atoms in total. The Kier molecular flexibility index (Phi) is 5.48. The van der Waals surface area contributed by atoms with Gasteiger partial charge in [-0.2, -0.15) is 0 Å². The van der Waals surface area contributed by atoms with Gasteiger partial charge < -0.3 is 15.4 Å². The second-order valence-corrected chi connectivity index (χ2v) is 6.13. The van der Waals surface area contributed by atoms with E-state index in [-0.39, 0.29) is 6.04 Å². The maximum Gasteiger partial charge on any atom is 0.191 e. The van der Waals surface area contributed by atoms with Crippen LogP contribution >= 0.6 is 0 Å². The van der Waals surface area contributed by atoms with Crippen molar-refractivity contribution in [2.24, 2.45) is 10.9 Å². The molecule has 1 saturated carbocycles. The highest BCUT2D eigenvalue weighted by Crippen LogP contribution is 2.20. The maximum atomic E-state index is 5.71. The van der Waals surface area contributed by atoms with Crippen molar-refractivity contribution in [2.45, 2.75) is 45.7 Å². The zero-order valence-corrected chi connectivity index (χ0v) is 13.5. The SMILES string of the molecule is CN=C(NC1CC1)NC(C)c1ccc(OCC(C)C)cc1. The van der Waals surface area contributed by atoms with Gasteiger partial charge in [0.1, 0.15) is 5.75 Å². The third kappa shape index (κ3) is 5.29. The van der Waals surface area contributed by atoms with Crippen LogP contribution < -0.4 is 15.4 Å². The number of benzene rings is 1. The quantitative estimate of drug-likeness (QED) is 0.625. The summed E-state index contributed by atoms with van der Waals surface area (Å²) in [6.45, 7) is 7.20. The fourth-order valence-corrected chi connectivity index (χ4v) is 2.00. The summed E-state index contributed by atoms with van der Waals surface area (Å²) in [6.07, 6.45) is 2.49. The normalized spacial score (nSPS) is 16.7. The molecule has 1 aromatic rings. The Balaban J connectivity index is 1.87. The van der Waals surface area contributed by atoms with Crippen LogP contribution in [0.5, 0.6) is 5.75 Å². The van der Waals surface area contributed by atoms with E-state index >= 15 is 0 Å². The molecule has 1 fully saturated rings. The molecule has 0 bridgehead atoms. The van der Waals surface area contributed by atoms with Crippen molar-refractivity contribution in [1.82, 2.24) is 10.6 Å². The molecule has 1 unspecified atom stereocenters. The second-order valence-electron chi connectivity index (χ2n) is 6.13. The molecule has 2 N–H and O–H groups in total. The van der Waals surface area contributed by atoms with Gasteiger partial charge in [0.25, 0.3) is 0 Å². The Morgan fingerprint density at radius 1 is 1.24 bits per heavy atom. The molecule has 0 radical (unpaired) electrons. The Morgan fingerprint density at radius 2 is 1.90 bits per heavy atom. The largest absolute Gasteiger partial charge is 0.493 e. The molecular weight excluding hydrogens is 262 g/mol. The van der Waals surface area contributed by atoms with Crippen LogP contribution in [-0.4, -0.2) is 25.7 Å². The van der Waals surface area contributed by atoms with Gasteiger partial charge in [-0.15, -0.1) is 0 Å². The highest BCUT2D eigenvalue weighted by atomic mass is 16.5. The Bertz CT molecular complexity index is 463. The molecule has 1 aromatic carbocycles. The molecular formula is C17H27N3O. The Hall–Kier alpha value is -1.71. The van der Waals surface area contributed by atoms with Gasteiger partial charge in [0, 0.05) is 13.1 Å². The number of aliphatic imine (C=N–C) groups is 1. The van der Waals surface area contributed by atoms with Crippen LogP contribution in [0.15, 0.2) is 29.3 Å². The molecule has 116 valence electrons. The molecule has 0 heterocycles. The highest BCUT2D eigenvalue weighted by Gasteiger charge is 2.22. The van der Waals surface area contributed by atoms with Crippen LogP contribution in [0.3, 0.4) is 0 Å². The first-order chi connectivity index (χ1) is 10.1. The van der Waals surface area contributed by atoms with E-state index < -0.39 is 0 Å². The smallest absolute Gasteiger partial charge is 0.191 e. The van der Waals surface area contributed by atoms with Gasteiger partial charge in [0.15, 0.2) is 5.96 Å². The van der Waals surface area contributed by atoms with Crippen molar-refractivity contribution in [2.75, 3.05) is 13.7 Å². The van der Waals surface area contributed by atoms with E-state index in [1.807, 2.05) is 19.2 Å². The predicted octanol–water partition coefficient (Wildman–Crippen LogP) is 3.11. The third-order valence-electron chi connectivity index (χ3n) is 3.46. The number of ether oxygens (including phenoxy) is 1. The lowest BCUT2D eigenvalue weighted by Crippen LogP contribution is -2.39.